The summed E-state index contributed by atoms with van der Waals surface area (Å²) in [4.78, 5) is 4.55. The third kappa shape index (κ3) is 4.17. The van der Waals surface area contributed by atoms with E-state index in [0.717, 1.165) is 18.2 Å². The molecule has 0 aliphatic heterocycles. The van der Waals surface area contributed by atoms with Crippen LogP contribution in [-0.2, 0) is 16.4 Å². The van der Waals surface area contributed by atoms with E-state index in [2.05, 4.69) is 16.6 Å². The summed E-state index contributed by atoms with van der Waals surface area (Å²) in [7, 11) is -3.64. The monoisotopic (exact) mass is 354 g/mol. The van der Waals surface area contributed by atoms with Gasteiger partial charge < -0.3 is 0 Å². The highest BCUT2D eigenvalue weighted by Crippen LogP contribution is 2.24. The Morgan fingerprint density at radius 3 is 2.48 bits per heavy atom. The van der Waals surface area contributed by atoms with Crippen LogP contribution in [0.3, 0.4) is 0 Å². The van der Waals surface area contributed by atoms with Gasteiger partial charge in [-0.05, 0) is 42.7 Å². The number of benzene rings is 2. The molecular weight excluding hydrogens is 332 g/mol. The molecule has 1 N–H and O–H groups in total. The molecule has 0 unspecified atom stereocenters. The fourth-order valence-corrected chi connectivity index (χ4v) is 3.87. The maximum Gasteiger partial charge on any atom is 0.261 e. The largest absolute Gasteiger partial charge is 0.277 e. The highest BCUT2D eigenvalue weighted by Gasteiger charge is 2.15. The SMILES string of the molecule is CCCCCc1ccc(S(=O)(=O)Nc2cccc3cccnc23)cc1. The van der Waals surface area contributed by atoms with Crippen molar-refractivity contribution in [1.82, 2.24) is 4.98 Å². The van der Waals surface area contributed by atoms with Crippen LogP contribution in [0.5, 0.6) is 0 Å². The topological polar surface area (TPSA) is 59.1 Å². The summed E-state index contributed by atoms with van der Waals surface area (Å²) < 4.78 is 28.0. The predicted molar refractivity (Wildman–Crippen MR) is 102 cm³/mol. The molecule has 0 spiro atoms. The number of hydrogen-bond donors (Lipinski definition) is 1. The Morgan fingerprint density at radius 1 is 0.960 bits per heavy atom. The Hall–Kier alpha value is -2.40. The summed E-state index contributed by atoms with van der Waals surface area (Å²) in [5.41, 5.74) is 2.30. The van der Waals surface area contributed by atoms with Gasteiger partial charge >= 0.3 is 0 Å². The smallest absolute Gasteiger partial charge is 0.261 e. The standard InChI is InChI=1S/C20H22N2O2S/c1-2-3-4-7-16-11-13-18(14-12-16)25(23,24)22-19-10-5-8-17-9-6-15-21-20(17)19/h5-6,8-15,22H,2-4,7H2,1H3. The van der Waals surface area contributed by atoms with Crippen molar-refractivity contribution < 1.29 is 8.42 Å². The van der Waals surface area contributed by atoms with Crippen molar-refractivity contribution in [2.75, 3.05) is 4.72 Å². The quantitative estimate of drug-likeness (QED) is 0.622. The molecule has 5 heteroatoms. The molecule has 0 saturated carbocycles. The summed E-state index contributed by atoms with van der Waals surface area (Å²) in [6.07, 6.45) is 6.13. The van der Waals surface area contributed by atoms with Crippen LogP contribution < -0.4 is 4.72 Å². The van der Waals surface area contributed by atoms with Crippen LogP contribution >= 0.6 is 0 Å². The Balaban J connectivity index is 1.81. The zero-order chi connectivity index (χ0) is 17.7. The van der Waals surface area contributed by atoms with E-state index in [9.17, 15) is 8.42 Å². The number of para-hydroxylation sites is 1. The van der Waals surface area contributed by atoms with Crippen molar-refractivity contribution in [2.45, 2.75) is 37.5 Å². The zero-order valence-corrected chi connectivity index (χ0v) is 15.1. The van der Waals surface area contributed by atoms with E-state index in [1.807, 2.05) is 36.4 Å². The first kappa shape index (κ1) is 17.4. The van der Waals surface area contributed by atoms with Gasteiger partial charge in [0.05, 0.1) is 16.1 Å². The molecule has 0 saturated heterocycles. The third-order valence-corrected chi connectivity index (χ3v) is 5.56. The number of aromatic nitrogens is 1. The minimum Gasteiger partial charge on any atom is -0.277 e. The second kappa shape index (κ2) is 7.66. The van der Waals surface area contributed by atoms with Gasteiger partial charge in [-0.3, -0.25) is 9.71 Å². The molecule has 25 heavy (non-hydrogen) atoms. The number of rotatable bonds is 7. The molecule has 1 heterocycles. The van der Waals surface area contributed by atoms with Gasteiger partial charge in [-0.25, -0.2) is 8.42 Å². The van der Waals surface area contributed by atoms with Crippen LogP contribution in [0.15, 0.2) is 65.7 Å². The second-order valence-electron chi connectivity index (χ2n) is 6.09. The molecular formula is C20H22N2O2S. The summed E-state index contributed by atoms with van der Waals surface area (Å²) in [6, 6.07) is 16.3. The summed E-state index contributed by atoms with van der Waals surface area (Å²) >= 11 is 0. The lowest BCUT2D eigenvalue weighted by atomic mass is 10.1. The molecule has 4 nitrogen and oxygen atoms in total. The minimum atomic E-state index is -3.64. The van der Waals surface area contributed by atoms with E-state index in [0.29, 0.717) is 11.2 Å². The Kier molecular flexibility index (Phi) is 5.34. The van der Waals surface area contributed by atoms with Gasteiger partial charge in [-0.2, -0.15) is 0 Å². The molecule has 0 radical (unpaired) electrons. The normalized spacial score (nSPS) is 11.6. The highest BCUT2D eigenvalue weighted by atomic mass is 32.2. The van der Waals surface area contributed by atoms with Crippen LogP contribution in [0.1, 0.15) is 31.7 Å². The lowest BCUT2D eigenvalue weighted by molar-refractivity contribution is 0.601. The number of anilines is 1. The van der Waals surface area contributed by atoms with Gasteiger partial charge in [0.2, 0.25) is 0 Å². The molecule has 130 valence electrons. The average Bonchev–Trinajstić information content (AvgIpc) is 2.62. The van der Waals surface area contributed by atoms with Gasteiger partial charge in [-0.1, -0.05) is 50.1 Å². The number of fused-ring (bicyclic) bond motifs is 1. The number of unbranched alkanes of at least 4 members (excludes halogenated alkanes) is 2. The maximum absolute atomic E-state index is 12.7. The lowest BCUT2D eigenvalue weighted by Crippen LogP contribution is -2.13. The van der Waals surface area contributed by atoms with E-state index >= 15 is 0 Å². The van der Waals surface area contributed by atoms with E-state index < -0.39 is 10.0 Å². The molecule has 0 aliphatic carbocycles. The molecule has 0 atom stereocenters. The molecule has 0 fully saturated rings. The number of hydrogen-bond acceptors (Lipinski definition) is 3. The van der Waals surface area contributed by atoms with E-state index in [1.54, 1.807) is 24.4 Å². The van der Waals surface area contributed by atoms with Crippen molar-refractivity contribution in [3.8, 4) is 0 Å². The van der Waals surface area contributed by atoms with E-state index in [4.69, 9.17) is 0 Å². The van der Waals surface area contributed by atoms with Crippen LogP contribution in [0.4, 0.5) is 5.69 Å². The average molecular weight is 354 g/mol. The third-order valence-electron chi connectivity index (χ3n) is 4.18. The maximum atomic E-state index is 12.7. The first-order chi connectivity index (χ1) is 12.1. The van der Waals surface area contributed by atoms with E-state index in [1.165, 1.54) is 18.4 Å². The highest BCUT2D eigenvalue weighted by molar-refractivity contribution is 7.92. The lowest BCUT2D eigenvalue weighted by Gasteiger charge is -2.10. The fourth-order valence-electron chi connectivity index (χ4n) is 2.80. The van der Waals surface area contributed by atoms with Gasteiger partial charge in [-0.15, -0.1) is 0 Å². The van der Waals surface area contributed by atoms with Crippen LogP contribution in [0.2, 0.25) is 0 Å². The van der Waals surface area contributed by atoms with E-state index in [-0.39, 0.29) is 4.90 Å². The van der Waals surface area contributed by atoms with Crippen LogP contribution in [0.25, 0.3) is 10.9 Å². The van der Waals surface area contributed by atoms with Crippen molar-refractivity contribution in [2.24, 2.45) is 0 Å². The minimum absolute atomic E-state index is 0.264. The van der Waals surface area contributed by atoms with Crippen molar-refractivity contribution in [1.29, 1.82) is 0 Å². The molecule has 1 aromatic heterocycles. The molecule has 0 amide bonds. The van der Waals surface area contributed by atoms with Crippen LogP contribution in [-0.4, -0.2) is 13.4 Å². The van der Waals surface area contributed by atoms with Gasteiger partial charge in [0.25, 0.3) is 10.0 Å². The molecule has 3 rings (SSSR count). The number of sulfonamides is 1. The van der Waals surface area contributed by atoms with Crippen LogP contribution in [0, 0.1) is 0 Å². The summed E-state index contributed by atoms with van der Waals surface area (Å²) in [5, 5.41) is 0.897. The van der Waals surface area contributed by atoms with Gasteiger partial charge in [0.15, 0.2) is 0 Å². The number of nitrogens with zero attached hydrogens (tertiary/aromatic N) is 1. The molecule has 2 aromatic carbocycles. The molecule has 0 aliphatic rings. The first-order valence-electron chi connectivity index (χ1n) is 8.55. The number of pyridine rings is 1. The zero-order valence-electron chi connectivity index (χ0n) is 14.3. The van der Waals surface area contributed by atoms with Crippen molar-refractivity contribution in [3.05, 3.63) is 66.4 Å². The molecule has 0 bridgehead atoms. The number of nitrogens with one attached hydrogen (secondary N) is 1. The summed E-state index contributed by atoms with van der Waals surface area (Å²) in [5.74, 6) is 0. The summed E-state index contributed by atoms with van der Waals surface area (Å²) in [6.45, 7) is 2.17. The Labute approximate surface area is 149 Å². The predicted octanol–water partition coefficient (Wildman–Crippen LogP) is 4.77. The van der Waals surface area contributed by atoms with Gasteiger partial charge in [0.1, 0.15) is 0 Å². The second-order valence-corrected chi connectivity index (χ2v) is 7.77. The number of aryl methyl sites for hydroxylation is 1. The molecule has 3 aromatic rings. The fraction of sp³-hybridized carbons (Fsp3) is 0.250. The van der Waals surface area contributed by atoms with Gasteiger partial charge in [0, 0.05) is 11.6 Å². The Morgan fingerprint density at radius 2 is 1.72 bits per heavy atom. The van der Waals surface area contributed by atoms with Crippen molar-refractivity contribution >= 4 is 26.6 Å². The van der Waals surface area contributed by atoms with Crippen molar-refractivity contribution in [3.63, 3.8) is 0 Å². The first-order valence-corrected chi connectivity index (χ1v) is 10.0. The Bertz CT molecular complexity index is 946.